The van der Waals surface area contributed by atoms with Gasteiger partial charge in [0.25, 0.3) is 0 Å². The first kappa shape index (κ1) is 24.5. The van der Waals surface area contributed by atoms with Gasteiger partial charge in [0.05, 0.1) is 11.6 Å². The lowest BCUT2D eigenvalue weighted by molar-refractivity contribution is -0.118. The smallest absolute Gasteiger partial charge is 0.224 e. The Morgan fingerprint density at radius 2 is 1.76 bits per heavy atom. The fourth-order valence-electron chi connectivity index (χ4n) is 5.93. The molecular weight excluding hydrogens is 418 g/mol. The topological polar surface area (TPSA) is 47.3 Å². The predicted molar refractivity (Wildman–Crippen MR) is 139 cm³/mol. The summed E-state index contributed by atoms with van der Waals surface area (Å²) >= 11 is 0. The molecule has 1 fully saturated rings. The number of carbonyl (C=O) groups excluding carboxylic acids is 1. The van der Waals surface area contributed by atoms with E-state index in [0.29, 0.717) is 0 Å². The molecule has 34 heavy (non-hydrogen) atoms. The Bertz CT molecular complexity index is 1050. The molecular formula is C30H39N3O. The highest BCUT2D eigenvalue weighted by Gasteiger charge is 2.40. The zero-order valence-electron chi connectivity index (χ0n) is 21.4. The van der Waals surface area contributed by atoms with Crippen LogP contribution < -0.4 is 4.90 Å². The number of amides is 1. The van der Waals surface area contributed by atoms with Crippen molar-refractivity contribution in [2.24, 2.45) is 0 Å². The van der Waals surface area contributed by atoms with Crippen LogP contribution in [0.25, 0.3) is 0 Å². The SMILES string of the molecule is CC(=O)N(c1ccc(C(C)(C)C)cc1)C1(CCN2CCc3cc(C#N)ccc3C2)CCCCC1. The van der Waals surface area contributed by atoms with E-state index < -0.39 is 0 Å². The Balaban J connectivity index is 1.54. The molecule has 0 atom stereocenters. The van der Waals surface area contributed by atoms with Crippen molar-refractivity contribution < 1.29 is 4.79 Å². The number of hydrogen-bond acceptors (Lipinski definition) is 3. The maximum Gasteiger partial charge on any atom is 0.224 e. The summed E-state index contributed by atoms with van der Waals surface area (Å²) in [5.74, 6) is 0.151. The molecule has 0 spiro atoms. The summed E-state index contributed by atoms with van der Waals surface area (Å²) < 4.78 is 0. The number of hydrogen-bond donors (Lipinski definition) is 0. The molecule has 1 aliphatic carbocycles. The summed E-state index contributed by atoms with van der Waals surface area (Å²) in [5.41, 5.74) is 5.72. The van der Waals surface area contributed by atoms with Crippen LogP contribution in [0.1, 0.15) is 88.5 Å². The maximum atomic E-state index is 13.1. The van der Waals surface area contributed by atoms with E-state index in [9.17, 15) is 10.1 Å². The monoisotopic (exact) mass is 457 g/mol. The van der Waals surface area contributed by atoms with Crippen molar-refractivity contribution in [1.29, 1.82) is 5.26 Å². The minimum atomic E-state index is -0.113. The average molecular weight is 458 g/mol. The van der Waals surface area contributed by atoms with Crippen LogP contribution in [0.5, 0.6) is 0 Å². The molecule has 180 valence electrons. The highest BCUT2D eigenvalue weighted by atomic mass is 16.2. The minimum absolute atomic E-state index is 0.0979. The molecule has 0 N–H and O–H groups in total. The van der Waals surface area contributed by atoms with E-state index >= 15 is 0 Å². The molecule has 1 aliphatic heterocycles. The number of rotatable bonds is 5. The van der Waals surface area contributed by atoms with Gasteiger partial charge in [-0.3, -0.25) is 9.69 Å². The summed E-state index contributed by atoms with van der Waals surface area (Å²) in [4.78, 5) is 17.8. The molecule has 0 unspecified atom stereocenters. The third-order valence-corrected chi connectivity index (χ3v) is 7.89. The third kappa shape index (κ3) is 5.20. The number of anilines is 1. The Labute approximate surface area is 205 Å². The number of nitriles is 1. The van der Waals surface area contributed by atoms with Crippen LogP contribution >= 0.6 is 0 Å². The molecule has 4 heteroatoms. The van der Waals surface area contributed by atoms with Crippen molar-refractivity contribution in [3.8, 4) is 6.07 Å². The van der Waals surface area contributed by atoms with Gasteiger partial charge in [0.1, 0.15) is 0 Å². The largest absolute Gasteiger partial charge is 0.307 e. The van der Waals surface area contributed by atoms with E-state index in [2.05, 4.69) is 67.0 Å². The molecule has 0 saturated heterocycles. The number of fused-ring (bicyclic) bond motifs is 1. The molecule has 1 amide bonds. The second kappa shape index (κ2) is 9.92. The summed E-state index contributed by atoms with van der Waals surface area (Å²) in [7, 11) is 0. The van der Waals surface area contributed by atoms with Crippen molar-refractivity contribution in [1.82, 2.24) is 4.90 Å². The first-order chi connectivity index (χ1) is 16.2. The Morgan fingerprint density at radius 1 is 1.06 bits per heavy atom. The van der Waals surface area contributed by atoms with Gasteiger partial charge in [-0.1, -0.05) is 58.2 Å². The Hall–Kier alpha value is -2.64. The van der Waals surface area contributed by atoms with Gasteiger partial charge < -0.3 is 4.90 Å². The highest BCUT2D eigenvalue weighted by Crippen LogP contribution is 2.40. The summed E-state index contributed by atoms with van der Waals surface area (Å²) in [5, 5.41) is 9.20. The van der Waals surface area contributed by atoms with Crippen LogP contribution in [0.2, 0.25) is 0 Å². The predicted octanol–water partition coefficient (Wildman–Crippen LogP) is 6.36. The quantitative estimate of drug-likeness (QED) is 0.525. The third-order valence-electron chi connectivity index (χ3n) is 7.89. The lowest BCUT2D eigenvalue weighted by atomic mass is 9.77. The van der Waals surface area contributed by atoms with Crippen LogP contribution in [0.3, 0.4) is 0 Å². The van der Waals surface area contributed by atoms with Gasteiger partial charge in [-0.25, -0.2) is 0 Å². The van der Waals surface area contributed by atoms with E-state index in [4.69, 9.17) is 0 Å². The fraction of sp³-hybridized carbons (Fsp3) is 0.533. The molecule has 0 radical (unpaired) electrons. The number of carbonyl (C=O) groups is 1. The second-order valence-electron chi connectivity index (χ2n) is 11.3. The molecule has 2 aliphatic rings. The molecule has 2 aromatic rings. The molecule has 1 heterocycles. The molecule has 1 saturated carbocycles. The van der Waals surface area contributed by atoms with Crippen LogP contribution in [-0.2, 0) is 23.2 Å². The zero-order valence-corrected chi connectivity index (χ0v) is 21.4. The van der Waals surface area contributed by atoms with Crippen LogP contribution in [0, 0.1) is 11.3 Å². The summed E-state index contributed by atoms with van der Waals surface area (Å²) in [6, 6.07) is 17.1. The Morgan fingerprint density at radius 3 is 2.38 bits per heavy atom. The molecule has 4 nitrogen and oxygen atoms in total. The van der Waals surface area contributed by atoms with Crippen LogP contribution in [0.15, 0.2) is 42.5 Å². The van der Waals surface area contributed by atoms with Gasteiger partial charge in [-0.2, -0.15) is 5.26 Å². The minimum Gasteiger partial charge on any atom is -0.307 e. The number of benzene rings is 2. The standard InChI is InChI=1S/C30H39N3O/c1-23(34)33(28-12-10-27(11-13-28)29(2,3)4)30(15-6-5-7-16-30)17-19-32-18-14-25-20-24(21-31)8-9-26(25)22-32/h8-13,20H,5-7,14-19,22H2,1-4H3. The molecule has 4 rings (SSSR count). The van der Waals surface area contributed by atoms with E-state index in [-0.39, 0.29) is 16.9 Å². The van der Waals surface area contributed by atoms with Crippen LogP contribution in [-0.4, -0.2) is 29.4 Å². The lowest BCUT2D eigenvalue weighted by Gasteiger charge is -2.47. The lowest BCUT2D eigenvalue weighted by Crippen LogP contribution is -2.54. The summed E-state index contributed by atoms with van der Waals surface area (Å²) in [6.45, 7) is 11.3. The van der Waals surface area contributed by atoms with Crippen molar-refractivity contribution in [2.75, 3.05) is 18.0 Å². The second-order valence-corrected chi connectivity index (χ2v) is 11.3. The zero-order chi connectivity index (χ0) is 24.3. The maximum absolute atomic E-state index is 13.1. The van der Waals surface area contributed by atoms with Crippen LogP contribution in [0.4, 0.5) is 5.69 Å². The van der Waals surface area contributed by atoms with Gasteiger partial charge >= 0.3 is 0 Å². The van der Waals surface area contributed by atoms with Gasteiger partial charge in [-0.05, 0) is 72.1 Å². The Kier molecular flexibility index (Phi) is 7.14. The van der Waals surface area contributed by atoms with E-state index in [1.165, 1.54) is 36.0 Å². The fourth-order valence-corrected chi connectivity index (χ4v) is 5.93. The van der Waals surface area contributed by atoms with Crippen molar-refractivity contribution >= 4 is 11.6 Å². The van der Waals surface area contributed by atoms with Crippen molar-refractivity contribution in [3.05, 3.63) is 64.7 Å². The average Bonchev–Trinajstić information content (AvgIpc) is 2.82. The normalized spacial score (nSPS) is 18.1. The summed E-state index contributed by atoms with van der Waals surface area (Å²) in [6.07, 6.45) is 7.76. The first-order valence-corrected chi connectivity index (χ1v) is 12.9. The van der Waals surface area contributed by atoms with E-state index in [1.807, 2.05) is 12.1 Å². The molecule has 2 aromatic carbocycles. The van der Waals surface area contributed by atoms with Gasteiger partial charge in [0.15, 0.2) is 0 Å². The van der Waals surface area contributed by atoms with Gasteiger partial charge in [-0.15, -0.1) is 0 Å². The highest BCUT2D eigenvalue weighted by molar-refractivity contribution is 5.93. The van der Waals surface area contributed by atoms with Crippen molar-refractivity contribution in [2.45, 2.75) is 90.1 Å². The number of nitrogens with zero attached hydrogens (tertiary/aromatic N) is 3. The van der Waals surface area contributed by atoms with E-state index in [1.54, 1.807) is 6.92 Å². The van der Waals surface area contributed by atoms with Gasteiger partial charge in [0, 0.05) is 37.8 Å². The molecule has 0 bridgehead atoms. The van der Waals surface area contributed by atoms with Crippen molar-refractivity contribution in [3.63, 3.8) is 0 Å². The van der Waals surface area contributed by atoms with Gasteiger partial charge in [0.2, 0.25) is 5.91 Å². The molecule has 0 aromatic heterocycles. The van der Waals surface area contributed by atoms with E-state index in [0.717, 1.165) is 56.6 Å². The first-order valence-electron chi connectivity index (χ1n) is 12.9.